The lowest BCUT2D eigenvalue weighted by Gasteiger charge is -2.12. The van der Waals surface area contributed by atoms with Crippen LogP contribution in [0.2, 0.25) is 0 Å². The Morgan fingerprint density at radius 1 is 1.25 bits per heavy atom. The van der Waals surface area contributed by atoms with Gasteiger partial charge in [0.2, 0.25) is 0 Å². The van der Waals surface area contributed by atoms with Crippen LogP contribution in [0.1, 0.15) is 12.8 Å². The predicted octanol–water partition coefficient (Wildman–Crippen LogP) is 1.73. The van der Waals surface area contributed by atoms with Gasteiger partial charge in [-0.05, 0) is 18.8 Å². The number of allylic oxidation sites excluding steroid dienone is 2. The summed E-state index contributed by atoms with van der Waals surface area (Å²) in [6.45, 7) is 9.39. The van der Waals surface area contributed by atoms with E-state index in [1.165, 1.54) is 0 Å². The largest absolute Gasteiger partial charge is 0.380 e. The van der Waals surface area contributed by atoms with E-state index in [9.17, 15) is 0 Å². The number of hydrogen-bond acceptors (Lipinski definition) is 2. The Morgan fingerprint density at radius 2 is 1.83 bits per heavy atom. The first-order valence-electron chi connectivity index (χ1n) is 4.34. The molecular formula is C10H19NO. The summed E-state index contributed by atoms with van der Waals surface area (Å²) in [5.41, 5.74) is 5.30. The molecule has 0 saturated heterocycles. The van der Waals surface area contributed by atoms with Gasteiger partial charge < -0.3 is 10.5 Å². The lowest BCUT2D eigenvalue weighted by Crippen LogP contribution is -2.14. The topological polar surface area (TPSA) is 35.2 Å². The summed E-state index contributed by atoms with van der Waals surface area (Å²) in [5, 5.41) is 0. The van der Waals surface area contributed by atoms with E-state index < -0.39 is 0 Å². The Morgan fingerprint density at radius 3 is 2.25 bits per heavy atom. The number of hydrogen-bond donors (Lipinski definition) is 1. The molecule has 0 fully saturated rings. The molecule has 12 heavy (non-hydrogen) atoms. The second kappa shape index (κ2) is 8.50. The van der Waals surface area contributed by atoms with Crippen LogP contribution in [0.5, 0.6) is 0 Å². The Hall–Kier alpha value is -0.600. The van der Waals surface area contributed by atoms with Crippen LogP contribution in [0.15, 0.2) is 25.3 Å². The maximum atomic E-state index is 5.33. The molecule has 0 aliphatic carbocycles. The van der Waals surface area contributed by atoms with E-state index in [2.05, 4.69) is 13.2 Å². The second-order valence-electron chi connectivity index (χ2n) is 2.78. The molecule has 2 nitrogen and oxygen atoms in total. The van der Waals surface area contributed by atoms with Crippen LogP contribution in [0.25, 0.3) is 0 Å². The first kappa shape index (κ1) is 11.4. The van der Waals surface area contributed by atoms with Crippen LogP contribution in [-0.2, 0) is 4.74 Å². The Labute approximate surface area is 75.1 Å². The highest BCUT2D eigenvalue weighted by molar-refractivity contribution is 4.79. The summed E-state index contributed by atoms with van der Waals surface area (Å²) >= 11 is 0. The molecule has 0 rings (SSSR count). The third kappa shape index (κ3) is 6.13. The van der Waals surface area contributed by atoms with Crippen molar-refractivity contribution in [1.82, 2.24) is 0 Å². The van der Waals surface area contributed by atoms with Crippen molar-refractivity contribution >= 4 is 0 Å². The van der Waals surface area contributed by atoms with Gasteiger partial charge in [0, 0.05) is 6.54 Å². The lowest BCUT2D eigenvalue weighted by atomic mass is 10.0. The summed E-state index contributed by atoms with van der Waals surface area (Å²) in [7, 11) is 0. The molecule has 0 aromatic carbocycles. The molecule has 2 N–H and O–H groups in total. The summed E-state index contributed by atoms with van der Waals surface area (Å²) in [6, 6.07) is 0. The van der Waals surface area contributed by atoms with Gasteiger partial charge in [0.25, 0.3) is 0 Å². The fourth-order valence-electron chi connectivity index (χ4n) is 1.04. The zero-order valence-corrected chi connectivity index (χ0v) is 7.67. The van der Waals surface area contributed by atoms with Crippen LogP contribution in [-0.4, -0.2) is 19.8 Å². The summed E-state index contributed by atoms with van der Waals surface area (Å²) in [5.74, 6) is 0.520. The zero-order valence-electron chi connectivity index (χ0n) is 7.67. The summed E-state index contributed by atoms with van der Waals surface area (Å²) in [4.78, 5) is 0. The predicted molar refractivity (Wildman–Crippen MR) is 53.0 cm³/mol. The van der Waals surface area contributed by atoms with Gasteiger partial charge in [-0.25, -0.2) is 0 Å². The average Bonchev–Trinajstić information content (AvgIpc) is 2.06. The summed E-state index contributed by atoms with van der Waals surface area (Å²) < 4.78 is 5.33. The monoisotopic (exact) mass is 169 g/mol. The number of nitrogens with two attached hydrogens (primary N) is 1. The van der Waals surface area contributed by atoms with Crippen molar-refractivity contribution in [2.75, 3.05) is 19.8 Å². The van der Waals surface area contributed by atoms with E-state index in [1.54, 1.807) is 0 Å². The minimum absolute atomic E-state index is 0.520. The standard InChI is InChI=1S/C10H19NO/c1-3-5-10(6-4-2)9-12-8-7-11/h3-4,10H,1-2,5-9,11H2. The Bertz CT molecular complexity index is 113. The zero-order chi connectivity index (χ0) is 9.23. The van der Waals surface area contributed by atoms with Crippen LogP contribution < -0.4 is 5.73 Å². The molecule has 0 radical (unpaired) electrons. The van der Waals surface area contributed by atoms with E-state index >= 15 is 0 Å². The van der Waals surface area contributed by atoms with Gasteiger partial charge in [-0.15, -0.1) is 13.2 Å². The van der Waals surface area contributed by atoms with Gasteiger partial charge in [0.05, 0.1) is 13.2 Å². The SMILES string of the molecule is C=CCC(CC=C)COCCN. The fraction of sp³-hybridized carbons (Fsp3) is 0.600. The van der Waals surface area contributed by atoms with Gasteiger partial charge >= 0.3 is 0 Å². The maximum Gasteiger partial charge on any atom is 0.0588 e. The normalized spacial score (nSPS) is 10.2. The van der Waals surface area contributed by atoms with Crippen molar-refractivity contribution in [3.63, 3.8) is 0 Å². The van der Waals surface area contributed by atoms with E-state index in [-0.39, 0.29) is 0 Å². The molecule has 0 atom stereocenters. The molecule has 0 aromatic heterocycles. The molecular weight excluding hydrogens is 150 g/mol. The highest BCUT2D eigenvalue weighted by Crippen LogP contribution is 2.09. The van der Waals surface area contributed by atoms with Crippen LogP contribution >= 0.6 is 0 Å². The molecule has 0 heterocycles. The van der Waals surface area contributed by atoms with E-state index in [4.69, 9.17) is 10.5 Å². The van der Waals surface area contributed by atoms with Gasteiger partial charge in [-0.1, -0.05) is 12.2 Å². The van der Waals surface area contributed by atoms with Crippen LogP contribution in [0.3, 0.4) is 0 Å². The average molecular weight is 169 g/mol. The maximum absolute atomic E-state index is 5.33. The molecule has 0 aliphatic rings. The highest BCUT2D eigenvalue weighted by Gasteiger charge is 2.03. The quantitative estimate of drug-likeness (QED) is 0.443. The third-order valence-electron chi connectivity index (χ3n) is 1.62. The molecule has 0 amide bonds. The minimum Gasteiger partial charge on any atom is -0.380 e. The van der Waals surface area contributed by atoms with Crippen LogP contribution in [0.4, 0.5) is 0 Å². The van der Waals surface area contributed by atoms with Crippen molar-refractivity contribution in [3.05, 3.63) is 25.3 Å². The number of rotatable bonds is 8. The molecule has 0 aliphatic heterocycles. The van der Waals surface area contributed by atoms with Crippen molar-refractivity contribution in [3.8, 4) is 0 Å². The Kier molecular flexibility index (Phi) is 8.07. The summed E-state index contributed by atoms with van der Waals surface area (Å²) in [6.07, 6.45) is 5.80. The van der Waals surface area contributed by atoms with Crippen LogP contribution in [0, 0.1) is 5.92 Å². The van der Waals surface area contributed by atoms with Gasteiger partial charge in [0.1, 0.15) is 0 Å². The molecule has 0 unspecified atom stereocenters. The third-order valence-corrected chi connectivity index (χ3v) is 1.62. The molecule has 0 spiro atoms. The van der Waals surface area contributed by atoms with Crippen molar-refractivity contribution in [1.29, 1.82) is 0 Å². The second-order valence-corrected chi connectivity index (χ2v) is 2.78. The van der Waals surface area contributed by atoms with Crippen molar-refractivity contribution in [2.45, 2.75) is 12.8 Å². The van der Waals surface area contributed by atoms with Gasteiger partial charge in [-0.2, -0.15) is 0 Å². The highest BCUT2D eigenvalue weighted by atomic mass is 16.5. The smallest absolute Gasteiger partial charge is 0.0588 e. The first-order chi connectivity index (χ1) is 5.85. The molecule has 0 saturated carbocycles. The van der Waals surface area contributed by atoms with E-state index in [0.717, 1.165) is 19.4 Å². The molecule has 70 valence electrons. The molecule has 0 bridgehead atoms. The van der Waals surface area contributed by atoms with E-state index in [0.29, 0.717) is 19.1 Å². The Balaban J connectivity index is 3.47. The first-order valence-corrected chi connectivity index (χ1v) is 4.34. The minimum atomic E-state index is 0.520. The van der Waals surface area contributed by atoms with Gasteiger partial charge in [0.15, 0.2) is 0 Å². The fourth-order valence-corrected chi connectivity index (χ4v) is 1.04. The molecule has 0 aromatic rings. The van der Waals surface area contributed by atoms with Gasteiger partial charge in [-0.3, -0.25) is 0 Å². The molecule has 2 heteroatoms. The van der Waals surface area contributed by atoms with E-state index in [1.807, 2.05) is 12.2 Å². The van der Waals surface area contributed by atoms with Crippen molar-refractivity contribution < 1.29 is 4.74 Å². The van der Waals surface area contributed by atoms with Crippen molar-refractivity contribution in [2.24, 2.45) is 11.7 Å². The number of ether oxygens (including phenoxy) is 1. The lowest BCUT2D eigenvalue weighted by molar-refractivity contribution is 0.107.